The molecule has 0 aliphatic rings. The summed E-state index contributed by atoms with van der Waals surface area (Å²) in [6.45, 7) is 10.7. The second-order valence-corrected chi connectivity index (χ2v) is 6.89. The number of nitrogens with zero attached hydrogens (tertiary/aromatic N) is 3. The van der Waals surface area contributed by atoms with Crippen molar-refractivity contribution in [1.82, 2.24) is 14.9 Å². The SMILES string of the molecule is CCN(C(=O)c1sc(-c2ccncc2)nc1C)C(C)(C)C. The first-order valence-electron chi connectivity index (χ1n) is 7.04. The molecule has 0 atom stereocenters. The lowest BCUT2D eigenvalue weighted by Gasteiger charge is -2.34. The van der Waals surface area contributed by atoms with Gasteiger partial charge >= 0.3 is 0 Å². The van der Waals surface area contributed by atoms with Gasteiger partial charge in [-0.2, -0.15) is 0 Å². The highest BCUT2D eigenvalue weighted by Gasteiger charge is 2.28. The second-order valence-electron chi connectivity index (χ2n) is 5.89. The van der Waals surface area contributed by atoms with E-state index in [1.165, 1.54) is 11.3 Å². The van der Waals surface area contributed by atoms with Gasteiger partial charge in [-0.3, -0.25) is 9.78 Å². The Morgan fingerprint density at radius 3 is 2.43 bits per heavy atom. The highest BCUT2D eigenvalue weighted by molar-refractivity contribution is 7.17. The van der Waals surface area contributed by atoms with Crippen LogP contribution in [0, 0.1) is 6.92 Å². The molecule has 112 valence electrons. The maximum absolute atomic E-state index is 12.8. The van der Waals surface area contributed by atoms with Gasteiger partial charge in [0.05, 0.1) is 5.69 Å². The fourth-order valence-corrected chi connectivity index (χ4v) is 3.28. The molecule has 0 saturated heterocycles. The van der Waals surface area contributed by atoms with Crippen LogP contribution < -0.4 is 0 Å². The van der Waals surface area contributed by atoms with Crippen LogP contribution in [0.1, 0.15) is 43.1 Å². The summed E-state index contributed by atoms with van der Waals surface area (Å²) in [4.78, 5) is 23.9. The maximum Gasteiger partial charge on any atom is 0.266 e. The average molecular weight is 303 g/mol. The number of rotatable bonds is 3. The number of aryl methyl sites for hydroxylation is 1. The van der Waals surface area contributed by atoms with E-state index >= 15 is 0 Å². The highest BCUT2D eigenvalue weighted by atomic mass is 32.1. The van der Waals surface area contributed by atoms with Crippen molar-refractivity contribution >= 4 is 17.2 Å². The summed E-state index contributed by atoms with van der Waals surface area (Å²) < 4.78 is 0. The van der Waals surface area contributed by atoms with E-state index in [1.807, 2.05) is 30.9 Å². The van der Waals surface area contributed by atoms with Gasteiger partial charge < -0.3 is 4.90 Å². The van der Waals surface area contributed by atoms with E-state index in [1.54, 1.807) is 12.4 Å². The first-order valence-corrected chi connectivity index (χ1v) is 7.86. The molecule has 0 saturated carbocycles. The van der Waals surface area contributed by atoms with Crippen molar-refractivity contribution in [2.75, 3.05) is 6.54 Å². The molecule has 4 nitrogen and oxygen atoms in total. The van der Waals surface area contributed by atoms with Gasteiger partial charge in [-0.05, 0) is 46.8 Å². The van der Waals surface area contributed by atoms with E-state index in [9.17, 15) is 4.79 Å². The largest absolute Gasteiger partial charge is 0.333 e. The first-order chi connectivity index (χ1) is 9.84. The molecule has 21 heavy (non-hydrogen) atoms. The van der Waals surface area contributed by atoms with Crippen LogP contribution in [-0.4, -0.2) is 32.9 Å². The summed E-state index contributed by atoms with van der Waals surface area (Å²) in [5, 5.41) is 0.864. The Morgan fingerprint density at radius 1 is 1.29 bits per heavy atom. The summed E-state index contributed by atoms with van der Waals surface area (Å²) in [7, 11) is 0. The molecular weight excluding hydrogens is 282 g/mol. The monoisotopic (exact) mass is 303 g/mol. The van der Waals surface area contributed by atoms with Gasteiger partial charge in [0, 0.05) is 30.0 Å². The van der Waals surface area contributed by atoms with Crippen LogP contribution in [0.2, 0.25) is 0 Å². The van der Waals surface area contributed by atoms with Crippen molar-refractivity contribution in [3.63, 3.8) is 0 Å². The molecule has 0 spiro atoms. The van der Waals surface area contributed by atoms with Crippen molar-refractivity contribution in [3.8, 4) is 10.6 Å². The lowest BCUT2D eigenvalue weighted by molar-refractivity contribution is 0.0603. The molecule has 0 radical (unpaired) electrons. The minimum atomic E-state index is -0.195. The van der Waals surface area contributed by atoms with Crippen molar-refractivity contribution in [3.05, 3.63) is 35.1 Å². The molecule has 0 aliphatic carbocycles. The number of aromatic nitrogens is 2. The molecule has 0 aliphatic heterocycles. The average Bonchev–Trinajstić information content (AvgIpc) is 2.81. The van der Waals surface area contributed by atoms with E-state index in [0.29, 0.717) is 6.54 Å². The zero-order valence-corrected chi connectivity index (χ0v) is 14.0. The normalized spacial score (nSPS) is 11.5. The summed E-state index contributed by atoms with van der Waals surface area (Å²) in [6, 6.07) is 3.82. The predicted molar refractivity (Wildman–Crippen MR) is 86.5 cm³/mol. The van der Waals surface area contributed by atoms with Crippen molar-refractivity contribution in [2.45, 2.75) is 40.2 Å². The minimum Gasteiger partial charge on any atom is -0.333 e. The lowest BCUT2D eigenvalue weighted by atomic mass is 10.1. The molecule has 0 unspecified atom stereocenters. The van der Waals surface area contributed by atoms with E-state index < -0.39 is 0 Å². The summed E-state index contributed by atoms with van der Waals surface area (Å²) >= 11 is 1.45. The fourth-order valence-electron chi connectivity index (χ4n) is 2.26. The van der Waals surface area contributed by atoms with Crippen molar-refractivity contribution in [1.29, 1.82) is 0 Å². The van der Waals surface area contributed by atoms with Crippen molar-refractivity contribution < 1.29 is 4.79 Å². The van der Waals surface area contributed by atoms with Crippen LogP contribution in [0.3, 0.4) is 0 Å². The first kappa shape index (κ1) is 15.6. The van der Waals surface area contributed by atoms with Crippen LogP contribution in [0.25, 0.3) is 10.6 Å². The van der Waals surface area contributed by atoms with E-state index in [-0.39, 0.29) is 11.4 Å². The molecule has 1 amide bonds. The van der Waals surface area contributed by atoms with Crippen LogP contribution in [0.15, 0.2) is 24.5 Å². The molecule has 2 rings (SSSR count). The van der Waals surface area contributed by atoms with Crippen molar-refractivity contribution in [2.24, 2.45) is 0 Å². The third-order valence-corrected chi connectivity index (χ3v) is 4.48. The van der Waals surface area contributed by atoms with E-state index in [0.717, 1.165) is 21.1 Å². The minimum absolute atomic E-state index is 0.0558. The third-order valence-electron chi connectivity index (χ3n) is 3.29. The Morgan fingerprint density at radius 2 is 1.90 bits per heavy atom. The number of hydrogen-bond donors (Lipinski definition) is 0. The Kier molecular flexibility index (Phi) is 4.42. The molecular formula is C16H21N3OS. The predicted octanol–water partition coefficient (Wildman–Crippen LogP) is 3.77. The molecule has 2 heterocycles. The summed E-state index contributed by atoms with van der Waals surface area (Å²) in [6.07, 6.45) is 3.47. The molecule has 0 bridgehead atoms. The van der Waals surface area contributed by atoms with Gasteiger partial charge in [0.2, 0.25) is 0 Å². The van der Waals surface area contributed by atoms with Gasteiger partial charge in [0.1, 0.15) is 9.88 Å². The van der Waals surface area contributed by atoms with E-state index in [2.05, 4.69) is 30.7 Å². The Hall–Kier alpha value is -1.75. The van der Waals surface area contributed by atoms with Crippen LogP contribution >= 0.6 is 11.3 Å². The topological polar surface area (TPSA) is 46.1 Å². The Bertz CT molecular complexity index is 629. The second kappa shape index (κ2) is 5.93. The van der Waals surface area contributed by atoms with Gasteiger partial charge in [-0.25, -0.2) is 4.98 Å². The zero-order valence-electron chi connectivity index (χ0n) is 13.2. The number of pyridine rings is 1. The lowest BCUT2D eigenvalue weighted by Crippen LogP contribution is -2.45. The number of carbonyl (C=O) groups is 1. The van der Waals surface area contributed by atoms with Crippen LogP contribution in [0.4, 0.5) is 0 Å². The maximum atomic E-state index is 12.8. The molecule has 0 aromatic carbocycles. The van der Waals surface area contributed by atoms with E-state index in [4.69, 9.17) is 0 Å². The zero-order chi connectivity index (χ0) is 15.6. The number of amides is 1. The molecule has 2 aromatic heterocycles. The molecule has 5 heteroatoms. The molecule has 0 fully saturated rings. The quantitative estimate of drug-likeness (QED) is 0.867. The summed E-state index contributed by atoms with van der Waals surface area (Å²) in [5.41, 5.74) is 1.59. The smallest absolute Gasteiger partial charge is 0.266 e. The van der Waals surface area contributed by atoms with Gasteiger partial charge in [-0.1, -0.05) is 0 Å². The summed E-state index contributed by atoms with van der Waals surface area (Å²) in [5.74, 6) is 0.0558. The highest BCUT2D eigenvalue weighted by Crippen LogP contribution is 2.29. The number of hydrogen-bond acceptors (Lipinski definition) is 4. The number of carbonyl (C=O) groups excluding carboxylic acids is 1. The standard InChI is InChI=1S/C16H21N3OS/c1-6-19(16(3,4)5)15(20)13-11(2)18-14(21-13)12-7-9-17-10-8-12/h7-10H,6H2,1-5H3. The number of thiazole rings is 1. The Balaban J connectivity index is 2.38. The van der Waals surface area contributed by atoms with Gasteiger partial charge in [-0.15, -0.1) is 11.3 Å². The molecule has 2 aromatic rings. The molecule has 0 N–H and O–H groups in total. The van der Waals surface area contributed by atoms with Gasteiger partial charge in [0.25, 0.3) is 5.91 Å². The van der Waals surface area contributed by atoms with Crippen LogP contribution in [0.5, 0.6) is 0 Å². The Labute approximate surface area is 129 Å². The third kappa shape index (κ3) is 3.29. The van der Waals surface area contributed by atoms with Crippen LogP contribution in [-0.2, 0) is 0 Å². The fraction of sp³-hybridized carbons (Fsp3) is 0.438. The van der Waals surface area contributed by atoms with Gasteiger partial charge in [0.15, 0.2) is 0 Å².